The number of furan rings is 1. The molecule has 1 aliphatic rings. The highest BCUT2D eigenvalue weighted by Crippen LogP contribution is 2.35. The Hall–Kier alpha value is -1.66. The summed E-state index contributed by atoms with van der Waals surface area (Å²) in [6.07, 6.45) is 2.13. The van der Waals surface area contributed by atoms with Gasteiger partial charge >= 0.3 is 0 Å². The van der Waals surface area contributed by atoms with Gasteiger partial charge in [0.05, 0.1) is 12.6 Å². The lowest BCUT2D eigenvalue weighted by Gasteiger charge is -2.35. The minimum atomic E-state index is 0.0414. The van der Waals surface area contributed by atoms with Crippen molar-refractivity contribution in [2.45, 2.75) is 44.4 Å². The Morgan fingerprint density at radius 2 is 2.04 bits per heavy atom. The Labute approximate surface area is 166 Å². The third kappa shape index (κ3) is 5.20. The standard InChI is InChI=1S/C21H31N3O2S/c1-4-22-20(23-15-21(27-5-2)10-12-25-13-11-21)24-16(3)19-14-17-8-6-7-9-18(17)26-19/h6-9,14,16H,4-5,10-13,15H2,1-3H3,(H2,22,23,24). The molecule has 0 radical (unpaired) electrons. The summed E-state index contributed by atoms with van der Waals surface area (Å²) in [6.45, 7) is 9.72. The molecule has 2 aromatic rings. The highest BCUT2D eigenvalue weighted by molar-refractivity contribution is 8.00. The molecule has 2 heterocycles. The summed E-state index contributed by atoms with van der Waals surface area (Å²) in [7, 11) is 0. The van der Waals surface area contributed by atoms with E-state index in [9.17, 15) is 0 Å². The summed E-state index contributed by atoms with van der Waals surface area (Å²) in [4.78, 5) is 4.92. The van der Waals surface area contributed by atoms with E-state index in [4.69, 9.17) is 14.1 Å². The number of hydrogen-bond acceptors (Lipinski definition) is 4. The highest BCUT2D eigenvalue weighted by Gasteiger charge is 2.32. The van der Waals surface area contributed by atoms with Crippen molar-refractivity contribution in [1.29, 1.82) is 0 Å². The number of thioether (sulfide) groups is 1. The molecule has 1 atom stereocenters. The van der Waals surface area contributed by atoms with Gasteiger partial charge in [-0.15, -0.1) is 0 Å². The predicted molar refractivity (Wildman–Crippen MR) is 115 cm³/mol. The Morgan fingerprint density at radius 3 is 2.74 bits per heavy atom. The Balaban J connectivity index is 1.70. The van der Waals surface area contributed by atoms with Gasteiger partial charge in [-0.25, -0.2) is 0 Å². The van der Waals surface area contributed by atoms with Gasteiger partial charge < -0.3 is 19.8 Å². The quantitative estimate of drug-likeness (QED) is 0.544. The molecular weight excluding hydrogens is 358 g/mol. The van der Waals surface area contributed by atoms with Crippen molar-refractivity contribution >= 4 is 28.7 Å². The molecule has 2 N–H and O–H groups in total. The van der Waals surface area contributed by atoms with E-state index in [0.29, 0.717) is 0 Å². The monoisotopic (exact) mass is 389 g/mol. The number of fused-ring (bicyclic) bond motifs is 1. The van der Waals surface area contributed by atoms with Crippen LogP contribution in [0.4, 0.5) is 0 Å². The number of hydrogen-bond donors (Lipinski definition) is 2. The fourth-order valence-electron chi connectivity index (χ4n) is 3.43. The van der Waals surface area contributed by atoms with Crippen LogP contribution in [0.1, 0.15) is 45.4 Å². The number of rotatable bonds is 7. The van der Waals surface area contributed by atoms with Crippen molar-refractivity contribution in [3.05, 3.63) is 36.1 Å². The first-order valence-corrected chi connectivity index (χ1v) is 10.9. The molecular formula is C21H31N3O2S. The number of guanidine groups is 1. The van der Waals surface area contributed by atoms with Crippen molar-refractivity contribution < 1.29 is 9.15 Å². The zero-order chi connectivity index (χ0) is 19.1. The number of benzene rings is 1. The molecule has 1 saturated heterocycles. The summed E-state index contributed by atoms with van der Waals surface area (Å²) in [5, 5.41) is 8.00. The fraction of sp³-hybridized carbons (Fsp3) is 0.571. The van der Waals surface area contributed by atoms with Crippen molar-refractivity contribution in [2.75, 3.05) is 32.1 Å². The van der Waals surface area contributed by atoms with E-state index in [1.54, 1.807) is 0 Å². The number of nitrogens with one attached hydrogen (secondary N) is 2. The zero-order valence-corrected chi connectivity index (χ0v) is 17.4. The van der Waals surface area contributed by atoms with Gasteiger partial charge in [-0.05, 0) is 44.6 Å². The maximum Gasteiger partial charge on any atom is 0.191 e. The molecule has 0 saturated carbocycles. The van der Waals surface area contributed by atoms with Crippen LogP contribution in [0.5, 0.6) is 0 Å². The summed E-state index contributed by atoms with van der Waals surface area (Å²) in [5.41, 5.74) is 0.920. The second-order valence-corrected chi connectivity index (χ2v) is 8.71. The van der Waals surface area contributed by atoms with Crippen LogP contribution in [-0.4, -0.2) is 42.8 Å². The molecule has 27 heavy (non-hydrogen) atoms. The van der Waals surface area contributed by atoms with Crippen LogP contribution in [0.25, 0.3) is 11.0 Å². The van der Waals surface area contributed by atoms with E-state index in [2.05, 4.69) is 43.5 Å². The molecule has 3 rings (SSSR count). The molecule has 5 nitrogen and oxygen atoms in total. The van der Waals surface area contributed by atoms with Crippen LogP contribution < -0.4 is 10.6 Å². The second-order valence-electron chi connectivity index (χ2n) is 6.98. The van der Waals surface area contributed by atoms with Gasteiger partial charge in [0.25, 0.3) is 0 Å². The van der Waals surface area contributed by atoms with Crippen molar-refractivity contribution in [2.24, 2.45) is 4.99 Å². The summed E-state index contributed by atoms with van der Waals surface area (Å²) in [6, 6.07) is 10.2. The molecule has 0 spiro atoms. The van der Waals surface area contributed by atoms with Gasteiger partial charge in [0.1, 0.15) is 11.3 Å². The largest absolute Gasteiger partial charge is 0.459 e. The van der Waals surface area contributed by atoms with Crippen LogP contribution in [-0.2, 0) is 4.74 Å². The van der Waals surface area contributed by atoms with Crippen LogP contribution in [0.2, 0.25) is 0 Å². The van der Waals surface area contributed by atoms with E-state index in [1.165, 1.54) is 0 Å². The molecule has 1 fully saturated rings. The minimum absolute atomic E-state index is 0.0414. The normalized spacial score (nSPS) is 18.4. The number of para-hydroxylation sites is 1. The van der Waals surface area contributed by atoms with Crippen molar-refractivity contribution in [1.82, 2.24) is 10.6 Å². The molecule has 1 aromatic carbocycles. The smallest absolute Gasteiger partial charge is 0.191 e. The molecule has 148 valence electrons. The third-order valence-corrected chi connectivity index (χ3v) is 6.39. The van der Waals surface area contributed by atoms with Gasteiger partial charge in [0.15, 0.2) is 5.96 Å². The number of ether oxygens (including phenoxy) is 1. The highest BCUT2D eigenvalue weighted by atomic mass is 32.2. The van der Waals surface area contributed by atoms with E-state index in [1.807, 2.05) is 30.0 Å². The lowest BCUT2D eigenvalue weighted by atomic mass is 9.99. The number of aliphatic imine (C=N–C) groups is 1. The summed E-state index contributed by atoms with van der Waals surface area (Å²) >= 11 is 2.02. The molecule has 1 aliphatic heterocycles. The summed E-state index contributed by atoms with van der Waals surface area (Å²) in [5.74, 6) is 2.87. The Morgan fingerprint density at radius 1 is 1.26 bits per heavy atom. The average Bonchev–Trinajstić information content (AvgIpc) is 3.12. The lowest BCUT2D eigenvalue weighted by Crippen LogP contribution is -2.41. The van der Waals surface area contributed by atoms with Crippen LogP contribution >= 0.6 is 11.8 Å². The molecule has 1 aromatic heterocycles. The predicted octanol–water partition coefficient (Wildman–Crippen LogP) is 4.35. The maximum absolute atomic E-state index is 6.00. The van der Waals surface area contributed by atoms with E-state index in [-0.39, 0.29) is 10.8 Å². The third-order valence-electron chi connectivity index (χ3n) is 4.95. The molecule has 6 heteroatoms. The van der Waals surface area contributed by atoms with Gasteiger partial charge in [0, 0.05) is 29.9 Å². The van der Waals surface area contributed by atoms with Gasteiger partial charge in [0.2, 0.25) is 0 Å². The first kappa shape index (κ1) is 20.1. The minimum Gasteiger partial charge on any atom is -0.459 e. The molecule has 0 bridgehead atoms. The SMILES string of the molecule is CCNC(=NCC1(SCC)CCOCC1)NC(C)c1cc2ccccc2o1. The van der Waals surface area contributed by atoms with Crippen molar-refractivity contribution in [3.8, 4) is 0 Å². The first-order valence-electron chi connectivity index (χ1n) is 9.91. The fourth-order valence-corrected chi connectivity index (χ4v) is 4.66. The Bertz CT molecular complexity index is 714. The van der Waals surface area contributed by atoms with Crippen LogP contribution in [0.3, 0.4) is 0 Å². The average molecular weight is 390 g/mol. The lowest BCUT2D eigenvalue weighted by molar-refractivity contribution is 0.0793. The van der Waals surface area contributed by atoms with E-state index >= 15 is 0 Å². The van der Waals surface area contributed by atoms with Gasteiger partial charge in [-0.2, -0.15) is 11.8 Å². The van der Waals surface area contributed by atoms with Gasteiger partial charge in [-0.1, -0.05) is 25.1 Å². The van der Waals surface area contributed by atoms with Gasteiger partial charge in [-0.3, -0.25) is 4.99 Å². The van der Waals surface area contributed by atoms with E-state index < -0.39 is 0 Å². The molecule has 1 unspecified atom stereocenters. The summed E-state index contributed by atoms with van der Waals surface area (Å²) < 4.78 is 11.8. The topological polar surface area (TPSA) is 58.8 Å². The first-order chi connectivity index (χ1) is 13.2. The van der Waals surface area contributed by atoms with Crippen LogP contribution in [0.15, 0.2) is 39.7 Å². The van der Waals surface area contributed by atoms with Crippen molar-refractivity contribution in [3.63, 3.8) is 0 Å². The van der Waals surface area contributed by atoms with E-state index in [0.717, 1.165) is 67.6 Å². The second kappa shape index (κ2) is 9.51. The molecule has 0 amide bonds. The Kier molecular flexibility index (Phi) is 7.07. The number of nitrogens with zero attached hydrogens (tertiary/aromatic N) is 1. The zero-order valence-electron chi connectivity index (χ0n) is 16.6. The van der Waals surface area contributed by atoms with Crippen LogP contribution in [0, 0.1) is 0 Å². The maximum atomic E-state index is 6.00. The molecule has 0 aliphatic carbocycles.